The largest absolute Gasteiger partial charge is 0.508 e. The first-order valence-electron chi connectivity index (χ1n) is 9.26. The van der Waals surface area contributed by atoms with Crippen LogP contribution in [0.2, 0.25) is 0 Å². The van der Waals surface area contributed by atoms with Crippen molar-refractivity contribution in [3.8, 4) is 5.75 Å². The summed E-state index contributed by atoms with van der Waals surface area (Å²) in [4.78, 5) is 25.8. The number of carbonyl (C=O) groups is 2. The number of benzene rings is 2. The van der Waals surface area contributed by atoms with Crippen LogP contribution in [0.25, 0.3) is 0 Å². The Morgan fingerprint density at radius 2 is 1.89 bits per heavy atom. The van der Waals surface area contributed by atoms with E-state index in [0.29, 0.717) is 12.0 Å². The SMILES string of the molecule is COC(=O)[C@H]1C(=O)C2=C(C[C@H]1C)Nc1ccccc1N[C@H]2c1cccc(O)c1. The second-order valence-corrected chi connectivity index (χ2v) is 7.28. The quantitative estimate of drug-likeness (QED) is 0.546. The standard InChI is InChI=1S/C22H22N2O4/c1-12-10-17-19(21(26)18(12)22(27)28-2)20(13-6-5-7-14(25)11-13)24-16-9-4-3-8-15(16)23-17/h3-9,11-12,18,20,23-25H,10H2,1-2H3/t12-,18-,20+/m1/s1. The fraction of sp³-hybridized carbons (Fsp3) is 0.273. The van der Waals surface area contributed by atoms with Crippen molar-refractivity contribution < 1.29 is 19.4 Å². The molecule has 0 spiro atoms. The summed E-state index contributed by atoms with van der Waals surface area (Å²) in [6.07, 6.45) is 0.548. The summed E-state index contributed by atoms with van der Waals surface area (Å²) in [6, 6.07) is 14.0. The lowest BCUT2D eigenvalue weighted by Gasteiger charge is -2.32. The molecule has 2 aliphatic rings. The van der Waals surface area contributed by atoms with Crippen molar-refractivity contribution in [2.75, 3.05) is 17.7 Å². The highest BCUT2D eigenvalue weighted by Crippen LogP contribution is 2.44. The molecule has 1 aliphatic heterocycles. The molecule has 6 heteroatoms. The molecule has 1 aliphatic carbocycles. The van der Waals surface area contributed by atoms with E-state index in [-0.39, 0.29) is 17.5 Å². The number of rotatable bonds is 2. The molecule has 0 amide bonds. The summed E-state index contributed by atoms with van der Waals surface area (Å²) in [7, 11) is 1.30. The van der Waals surface area contributed by atoms with E-state index in [0.717, 1.165) is 22.6 Å². The molecule has 0 unspecified atom stereocenters. The van der Waals surface area contributed by atoms with Crippen molar-refractivity contribution in [1.82, 2.24) is 0 Å². The minimum absolute atomic E-state index is 0.119. The van der Waals surface area contributed by atoms with Crippen molar-refractivity contribution in [3.05, 3.63) is 65.4 Å². The van der Waals surface area contributed by atoms with Gasteiger partial charge in [-0.25, -0.2) is 0 Å². The average molecular weight is 378 g/mol. The second kappa shape index (κ2) is 7.03. The molecule has 3 N–H and O–H groups in total. The van der Waals surface area contributed by atoms with Crippen LogP contribution < -0.4 is 10.6 Å². The minimum atomic E-state index is -0.839. The van der Waals surface area contributed by atoms with Crippen molar-refractivity contribution in [3.63, 3.8) is 0 Å². The molecular formula is C22H22N2O4. The topological polar surface area (TPSA) is 87.7 Å². The number of hydrogen-bond donors (Lipinski definition) is 3. The van der Waals surface area contributed by atoms with E-state index in [4.69, 9.17) is 4.74 Å². The number of nitrogens with one attached hydrogen (secondary N) is 2. The number of methoxy groups -OCH3 is 1. The summed E-state index contributed by atoms with van der Waals surface area (Å²) in [5.74, 6) is -1.66. The number of phenolic OH excluding ortho intramolecular Hbond substituents is 1. The van der Waals surface area contributed by atoms with Gasteiger partial charge in [0, 0.05) is 11.3 Å². The third-order valence-electron chi connectivity index (χ3n) is 5.43. The number of esters is 1. The summed E-state index contributed by atoms with van der Waals surface area (Å²) < 4.78 is 4.90. The lowest BCUT2D eigenvalue weighted by Crippen LogP contribution is -2.39. The molecular weight excluding hydrogens is 356 g/mol. The van der Waals surface area contributed by atoms with Crippen LogP contribution in [0.15, 0.2) is 59.8 Å². The number of para-hydroxylation sites is 2. The number of ketones is 1. The Hall–Kier alpha value is -3.28. The normalized spacial score (nSPS) is 23.6. The minimum Gasteiger partial charge on any atom is -0.508 e. The van der Waals surface area contributed by atoms with Gasteiger partial charge in [0.05, 0.1) is 24.5 Å². The van der Waals surface area contributed by atoms with Gasteiger partial charge in [-0.3, -0.25) is 9.59 Å². The van der Waals surface area contributed by atoms with E-state index in [1.165, 1.54) is 7.11 Å². The Labute approximate surface area is 163 Å². The predicted octanol–water partition coefficient (Wildman–Crippen LogP) is 3.62. The summed E-state index contributed by atoms with van der Waals surface area (Å²) in [6.45, 7) is 1.89. The van der Waals surface area contributed by atoms with Gasteiger partial charge in [0.2, 0.25) is 0 Å². The van der Waals surface area contributed by atoms with Gasteiger partial charge in [-0.2, -0.15) is 0 Å². The number of hydrogen-bond acceptors (Lipinski definition) is 6. The number of aromatic hydroxyl groups is 1. The Bertz CT molecular complexity index is 982. The Kier molecular flexibility index (Phi) is 4.55. The van der Waals surface area contributed by atoms with E-state index in [1.807, 2.05) is 37.3 Å². The zero-order valence-corrected chi connectivity index (χ0v) is 15.7. The fourth-order valence-corrected chi connectivity index (χ4v) is 4.09. The number of anilines is 2. The highest BCUT2D eigenvalue weighted by atomic mass is 16.5. The molecule has 28 heavy (non-hydrogen) atoms. The molecule has 0 saturated heterocycles. The zero-order valence-electron chi connectivity index (χ0n) is 15.7. The third kappa shape index (κ3) is 3.01. The van der Waals surface area contributed by atoms with Crippen LogP contribution in [0, 0.1) is 11.8 Å². The van der Waals surface area contributed by atoms with E-state index >= 15 is 0 Å². The molecule has 2 aromatic rings. The van der Waals surface area contributed by atoms with Gasteiger partial charge >= 0.3 is 5.97 Å². The van der Waals surface area contributed by atoms with Gasteiger partial charge < -0.3 is 20.5 Å². The van der Waals surface area contributed by atoms with Crippen LogP contribution in [-0.2, 0) is 14.3 Å². The number of ether oxygens (including phenoxy) is 1. The van der Waals surface area contributed by atoms with E-state index in [9.17, 15) is 14.7 Å². The number of phenols is 1. The molecule has 0 aromatic heterocycles. The number of carbonyl (C=O) groups excluding carboxylic acids is 2. The summed E-state index contributed by atoms with van der Waals surface area (Å²) in [5.41, 5.74) is 3.77. The van der Waals surface area contributed by atoms with E-state index < -0.39 is 17.9 Å². The monoisotopic (exact) mass is 378 g/mol. The van der Waals surface area contributed by atoms with Crippen LogP contribution in [0.4, 0.5) is 11.4 Å². The summed E-state index contributed by atoms with van der Waals surface area (Å²) in [5, 5.41) is 16.8. The lowest BCUT2D eigenvalue weighted by atomic mass is 9.75. The first kappa shape index (κ1) is 18.1. The number of fused-ring (bicyclic) bond motifs is 1. The highest BCUT2D eigenvalue weighted by molar-refractivity contribution is 6.11. The molecule has 0 saturated carbocycles. The molecule has 4 rings (SSSR count). The van der Waals surface area contributed by atoms with E-state index in [1.54, 1.807) is 18.2 Å². The van der Waals surface area contributed by atoms with E-state index in [2.05, 4.69) is 10.6 Å². The van der Waals surface area contributed by atoms with Gasteiger partial charge in [-0.15, -0.1) is 0 Å². The predicted molar refractivity (Wildman–Crippen MR) is 106 cm³/mol. The molecule has 3 atom stereocenters. The molecule has 6 nitrogen and oxygen atoms in total. The van der Waals surface area contributed by atoms with Crippen molar-refractivity contribution in [2.45, 2.75) is 19.4 Å². The van der Waals surface area contributed by atoms with Crippen LogP contribution in [-0.4, -0.2) is 24.0 Å². The highest BCUT2D eigenvalue weighted by Gasteiger charge is 2.44. The van der Waals surface area contributed by atoms with Gasteiger partial charge in [-0.05, 0) is 42.2 Å². The van der Waals surface area contributed by atoms with Crippen LogP contribution in [0.5, 0.6) is 5.75 Å². The molecule has 2 aromatic carbocycles. The van der Waals surface area contributed by atoms with Crippen molar-refractivity contribution in [1.29, 1.82) is 0 Å². The number of allylic oxidation sites excluding steroid dienone is 1. The fourth-order valence-electron chi connectivity index (χ4n) is 4.09. The van der Waals surface area contributed by atoms with Gasteiger partial charge in [0.1, 0.15) is 11.7 Å². The van der Waals surface area contributed by atoms with Crippen LogP contribution >= 0.6 is 0 Å². The Balaban J connectivity index is 1.88. The molecule has 0 bridgehead atoms. The maximum absolute atomic E-state index is 13.4. The Morgan fingerprint density at radius 1 is 1.14 bits per heavy atom. The first-order chi connectivity index (χ1) is 13.5. The molecule has 144 valence electrons. The van der Waals surface area contributed by atoms with Gasteiger partial charge in [-0.1, -0.05) is 31.2 Å². The maximum atomic E-state index is 13.4. The lowest BCUT2D eigenvalue weighted by molar-refractivity contribution is -0.151. The van der Waals surface area contributed by atoms with Crippen molar-refractivity contribution in [2.24, 2.45) is 11.8 Å². The number of Topliss-reactive ketones (excluding diaryl/α,β-unsaturated/α-hetero) is 1. The second-order valence-electron chi connectivity index (χ2n) is 7.28. The molecule has 1 heterocycles. The third-order valence-corrected chi connectivity index (χ3v) is 5.43. The summed E-state index contributed by atoms with van der Waals surface area (Å²) >= 11 is 0. The zero-order chi connectivity index (χ0) is 19.8. The smallest absolute Gasteiger partial charge is 0.316 e. The average Bonchev–Trinajstić information content (AvgIpc) is 2.84. The van der Waals surface area contributed by atoms with Crippen molar-refractivity contribution >= 4 is 23.1 Å². The maximum Gasteiger partial charge on any atom is 0.316 e. The van der Waals surface area contributed by atoms with Gasteiger partial charge in [0.25, 0.3) is 0 Å². The molecule has 0 fully saturated rings. The van der Waals surface area contributed by atoms with Crippen LogP contribution in [0.1, 0.15) is 24.9 Å². The first-order valence-corrected chi connectivity index (χ1v) is 9.26. The van der Waals surface area contributed by atoms with Crippen LogP contribution in [0.3, 0.4) is 0 Å². The van der Waals surface area contributed by atoms with Gasteiger partial charge in [0.15, 0.2) is 5.78 Å². The Morgan fingerprint density at radius 3 is 2.61 bits per heavy atom. The molecule has 0 radical (unpaired) electrons.